The average molecular weight is 1030 g/mol. The normalized spacial score (nSPS) is 14.7. The van der Waals surface area contributed by atoms with Crippen LogP contribution in [0.15, 0.2) is 194 Å². The molecule has 1 unspecified atom stereocenters. The van der Waals surface area contributed by atoms with Crippen molar-refractivity contribution in [2.75, 3.05) is 18.6 Å². The van der Waals surface area contributed by atoms with E-state index in [0.29, 0.717) is 25.0 Å². The molecule has 4 atom stereocenters. The SMILES string of the molecule is COC(=O)CC(O)C1(NC(=O)[C@@H](CSC(c2ccccc2)(c2ccccc2)c2ccccc2)NC(=O)[C@@H](CCC(=O)O)NC(=O)C[C@H](O)/C=C/CCSC(c2ccccc2)(c2ccccc2)c2ccccc2)CC1. The summed E-state index contributed by atoms with van der Waals surface area (Å²) in [5.41, 5.74) is 4.92. The number of allylic oxidation sites excluding steroid dienone is 1. The van der Waals surface area contributed by atoms with Gasteiger partial charge in [0.2, 0.25) is 17.7 Å². The van der Waals surface area contributed by atoms with Gasteiger partial charge in [-0.25, -0.2) is 0 Å². The molecule has 6 aromatic carbocycles. The van der Waals surface area contributed by atoms with Crippen LogP contribution in [0, 0.1) is 0 Å². The fraction of sp³-hybridized carbons (Fsp3) is 0.283. The lowest BCUT2D eigenvalue weighted by atomic mass is 9.84. The Morgan fingerprint density at radius 1 is 0.595 bits per heavy atom. The minimum atomic E-state index is -1.41. The summed E-state index contributed by atoms with van der Waals surface area (Å²) < 4.78 is 3.34. The van der Waals surface area contributed by atoms with Crippen molar-refractivity contribution in [3.63, 3.8) is 0 Å². The van der Waals surface area contributed by atoms with Gasteiger partial charge in [-0.15, -0.1) is 23.5 Å². The molecule has 1 aliphatic carbocycles. The Hall–Kier alpha value is -6.97. The van der Waals surface area contributed by atoms with Gasteiger partial charge in [0.25, 0.3) is 0 Å². The molecule has 12 nitrogen and oxygen atoms in total. The molecule has 1 saturated carbocycles. The number of rotatable bonds is 27. The minimum Gasteiger partial charge on any atom is -0.481 e. The van der Waals surface area contributed by atoms with E-state index in [2.05, 4.69) is 52.3 Å². The van der Waals surface area contributed by atoms with Crippen LogP contribution in [0.5, 0.6) is 0 Å². The van der Waals surface area contributed by atoms with Gasteiger partial charge in [0.15, 0.2) is 0 Å². The Morgan fingerprint density at radius 3 is 1.41 bits per heavy atom. The van der Waals surface area contributed by atoms with Crippen LogP contribution in [0.1, 0.15) is 78.3 Å². The largest absolute Gasteiger partial charge is 0.481 e. The zero-order valence-electron chi connectivity index (χ0n) is 41.3. The van der Waals surface area contributed by atoms with Crippen LogP contribution in [0.2, 0.25) is 0 Å². The van der Waals surface area contributed by atoms with Gasteiger partial charge in [0, 0.05) is 12.2 Å². The van der Waals surface area contributed by atoms with Crippen molar-refractivity contribution in [1.82, 2.24) is 16.0 Å². The first-order valence-electron chi connectivity index (χ1n) is 24.7. The molecule has 0 aromatic heterocycles. The molecular formula is C60H63N3O9S2. The molecule has 14 heteroatoms. The third kappa shape index (κ3) is 13.8. The molecule has 0 spiro atoms. The Kier molecular flexibility index (Phi) is 19.5. The van der Waals surface area contributed by atoms with E-state index in [9.17, 15) is 39.3 Å². The van der Waals surface area contributed by atoms with Gasteiger partial charge in [0.1, 0.15) is 12.1 Å². The summed E-state index contributed by atoms with van der Waals surface area (Å²) in [5.74, 6) is -3.39. The molecule has 3 amide bonds. The van der Waals surface area contributed by atoms with Crippen LogP contribution in [-0.4, -0.2) is 93.4 Å². The smallest absolute Gasteiger partial charge is 0.308 e. The topological polar surface area (TPSA) is 191 Å². The molecule has 0 radical (unpaired) electrons. The molecule has 6 aromatic rings. The maximum absolute atomic E-state index is 14.6. The van der Waals surface area contributed by atoms with E-state index >= 15 is 0 Å². The monoisotopic (exact) mass is 1030 g/mol. The van der Waals surface area contributed by atoms with Gasteiger partial charge in [0.05, 0.1) is 47.2 Å². The van der Waals surface area contributed by atoms with E-state index in [4.69, 9.17) is 4.74 Å². The lowest BCUT2D eigenvalue weighted by Gasteiger charge is -2.37. The zero-order chi connectivity index (χ0) is 52.4. The van der Waals surface area contributed by atoms with E-state index in [1.165, 1.54) is 18.9 Å². The molecule has 7 rings (SSSR count). The first-order chi connectivity index (χ1) is 35.9. The van der Waals surface area contributed by atoms with Crippen LogP contribution in [0.4, 0.5) is 0 Å². The number of aliphatic hydroxyl groups is 2. The number of hydrogen-bond donors (Lipinski definition) is 6. The summed E-state index contributed by atoms with van der Waals surface area (Å²) in [5, 5.41) is 40.4. The van der Waals surface area contributed by atoms with Crippen molar-refractivity contribution in [3.05, 3.63) is 228 Å². The Bertz CT molecular complexity index is 2590. The highest BCUT2D eigenvalue weighted by Crippen LogP contribution is 2.50. The zero-order valence-corrected chi connectivity index (χ0v) is 42.9. The fourth-order valence-electron chi connectivity index (χ4n) is 9.23. The van der Waals surface area contributed by atoms with Crippen molar-refractivity contribution in [2.24, 2.45) is 0 Å². The number of thioether (sulfide) groups is 2. The molecule has 74 heavy (non-hydrogen) atoms. The maximum Gasteiger partial charge on any atom is 0.308 e. The van der Waals surface area contributed by atoms with Crippen molar-refractivity contribution in [1.29, 1.82) is 0 Å². The molecule has 384 valence electrons. The van der Waals surface area contributed by atoms with E-state index in [1.807, 2.05) is 152 Å². The van der Waals surface area contributed by atoms with Gasteiger partial charge in [-0.05, 0) is 64.8 Å². The third-order valence-electron chi connectivity index (χ3n) is 13.2. The van der Waals surface area contributed by atoms with Crippen LogP contribution >= 0.6 is 23.5 Å². The number of carboxylic acid groups (broad SMARTS) is 1. The quantitative estimate of drug-likeness (QED) is 0.0125. The molecule has 1 aliphatic rings. The summed E-state index contributed by atoms with van der Waals surface area (Å²) in [6.45, 7) is 0. The first-order valence-corrected chi connectivity index (χ1v) is 26.7. The maximum atomic E-state index is 14.6. The minimum absolute atomic E-state index is 0.0377. The van der Waals surface area contributed by atoms with Crippen LogP contribution in [0.3, 0.4) is 0 Å². The number of aliphatic hydroxyl groups excluding tert-OH is 2. The van der Waals surface area contributed by atoms with Crippen molar-refractivity contribution >= 4 is 53.2 Å². The number of carboxylic acids is 1. The number of aliphatic carboxylic acids is 1. The summed E-state index contributed by atoms with van der Waals surface area (Å²) >= 11 is 3.17. The standard InChI is InChI=1S/C60H63N3O9S2/c1-72-55(69)41-52(65)58(37-38-58)63-57(71)51(42-74-60(46-28-14-5-15-29-46,47-30-16-6-17-31-47)48-32-18-7-19-33-48)62-56(70)50(35-36-54(67)68)61-53(66)40-49(64)34-20-21-39-73-59(43-22-8-2-9-23-43,44-24-10-3-11-25-44)45-26-12-4-13-27-45/h2-20,22-34,49-52,64-65H,21,35-42H2,1H3,(H,61,66)(H,62,70)(H,63,71)(H,67,68)/b34-20+/t49-,50-,51-,52?/m1/s1. The highest BCUT2D eigenvalue weighted by Gasteiger charge is 2.52. The molecule has 0 saturated heterocycles. The third-order valence-corrected chi connectivity index (χ3v) is 16.4. The molecule has 6 N–H and O–H groups in total. The van der Waals surface area contributed by atoms with Crippen molar-refractivity contribution in [2.45, 2.75) is 84.3 Å². The molecule has 0 bridgehead atoms. The highest BCUT2D eigenvalue weighted by molar-refractivity contribution is 8.00. The number of methoxy groups -OCH3 is 1. The first kappa shape index (κ1) is 54.8. The lowest BCUT2D eigenvalue weighted by molar-refractivity contribution is -0.144. The summed E-state index contributed by atoms with van der Waals surface area (Å²) in [7, 11) is 1.21. The number of amides is 3. The van der Waals surface area contributed by atoms with Crippen LogP contribution in [-0.2, 0) is 38.2 Å². The van der Waals surface area contributed by atoms with Gasteiger partial charge in [-0.3, -0.25) is 24.0 Å². The average Bonchev–Trinajstić information content (AvgIpc) is 4.22. The number of hydrogen-bond acceptors (Lipinski definition) is 10. The van der Waals surface area contributed by atoms with Crippen LogP contribution < -0.4 is 16.0 Å². The fourth-order valence-corrected chi connectivity index (χ4v) is 12.3. The van der Waals surface area contributed by atoms with Gasteiger partial charge in [-0.2, -0.15) is 0 Å². The predicted octanol–water partition coefficient (Wildman–Crippen LogP) is 8.54. The molecule has 0 heterocycles. The molecule has 1 fully saturated rings. The second-order valence-electron chi connectivity index (χ2n) is 18.3. The van der Waals surface area contributed by atoms with E-state index in [-0.39, 0.29) is 18.6 Å². The molecular weight excluding hydrogens is 971 g/mol. The van der Waals surface area contributed by atoms with Gasteiger partial charge < -0.3 is 36.0 Å². The number of carbonyl (C=O) groups excluding carboxylic acids is 4. The van der Waals surface area contributed by atoms with E-state index < -0.39 is 81.8 Å². The Morgan fingerprint density at radius 2 is 1.01 bits per heavy atom. The van der Waals surface area contributed by atoms with Gasteiger partial charge in [-0.1, -0.05) is 194 Å². The second kappa shape index (κ2) is 26.3. The molecule has 0 aliphatic heterocycles. The summed E-state index contributed by atoms with van der Waals surface area (Å²) in [4.78, 5) is 66.8. The van der Waals surface area contributed by atoms with E-state index in [0.717, 1.165) is 33.4 Å². The summed E-state index contributed by atoms with van der Waals surface area (Å²) in [6.07, 6.45) is 0.590. The van der Waals surface area contributed by atoms with Gasteiger partial charge >= 0.3 is 11.9 Å². The number of ether oxygens (including phenoxy) is 1. The Balaban J connectivity index is 1.08. The number of benzene rings is 6. The van der Waals surface area contributed by atoms with Crippen molar-refractivity contribution < 1.29 is 44.0 Å². The predicted molar refractivity (Wildman–Crippen MR) is 291 cm³/mol. The van der Waals surface area contributed by atoms with Crippen LogP contribution in [0.25, 0.3) is 0 Å². The number of carbonyl (C=O) groups is 5. The highest BCUT2D eigenvalue weighted by atomic mass is 32.2. The second-order valence-corrected chi connectivity index (χ2v) is 20.8. The number of nitrogens with one attached hydrogen (secondary N) is 3. The number of esters is 1. The Labute approximate surface area is 441 Å². The van der Waals surface area contributed by atoms with Crippen molar-refractivity contribution in [3.8, 4) is 0 Å². The summed E-state index contributed by atoms with van der Waals surface area (Å²) in [6, 6.07) is 57.5. The lowest BCUT2D eigenvalue weighted by Crippen LogP contribution is -2.58. The van der Waals surface area contributed by atoms with E-state index in [1.54, 1.807) is 17.8 Å².